The summed E-state index contributed by atoms with van der Waals surface area (Å²) < 4.78 is 4.89. The van der Waals surface area contributed by atoms with Crippen molar-refractivity contribution in [3.8, 4) is 0 Å². The molecule has 86 valence electrons. The molecule has 1 aromatic heterocycles. The van der Waals surface area contributed by atoms with Crippen molar-refractivity contribution in [2.45, 2.75) is 39.8 Å². The molecule has 15 heavy (non-hydrogen) atoms. The highest BCUT2D eigenvalue weighted by atomic mass is 32.2. The van der Waals surface area contributed by atoms with Gasteiger partial charge < -0.3 is 9.84 Å². The Balaban J connectivity index is 2.13. The van der Waals surface area contributed by atoms with E-state index in [1.807, 2.05) is 11.8 Å². The van der Waals surface area contributed by atoms with Crippen LogP contribution in [0.25, 0.3) is 0 Å². The summed E-state index contributed by atoms with van der Waals surface area (Å²) >= 11 is 1.97. The molecule has 1 N–H and O–H groups in total. The predicted molar refractivity (Wildman–Crippen MR) is 63.0 cm³/mol. The molecule has 1 aromatic rings. The van der Waals surface area contributed by atoms with Crippen molar-refractivity contribution in [3.63, 3.8) is 0 Å². The molecule has 0 fully saturated rings. The maximum atomic E-state index is 4.89. The van der Waals surface area contributed by atoms with Crippen LogP contribution in [0.2, 0.25) is 0 Å². The lowest BCUT2D eigenvalue weighted by Crippen LogP contribution is -2.26. The van der Waals surface area contributed by atoms with Gasteiger partial charge in [-0.2, -0.15) is 16.7 Å². The Hall–Kier alpha value is -0.550. The first-order chi connectivity index (χ1) is 7.22. The lowest BCUT2D eigenvalue weighted by molar-refractivity contribution is 0.383. The number of nitrogens with one attached hydrogen (secondary N) is 1. The molecule has 0 aliphatic rings. The Morgan fingerprint density at radius 2 is 2.33 bits per heavy atom. The van der Waals surface area contributed by atoms with Crippen LogP contribution >= 0.6 is 11.8 Å². The Labute approximate surface area is 95.2 Å². The second kappa shape index (κ2) is 6.85. The minimum absolute atomic E-state index is 0.503. The number of nitrogens with zero attached hydrogens (tertiary/aromatic N) is 2. The minimum Gasteiger partial charge on any atom is -0.340 e. The van der Waals surface area contributed by atoms with Gasteiger partial charge in [-0.15, -0.1) is 0 Å². The largest absolute Gasteiger partial charge is 0.340 e. The summed E-state index contributed by atoms with van der Waals surface area (Å²) in [7, 11) is 0. The highest BCUT2D eigenvalue weighted by molar-refractivity contribution is 7.99. The normalized spacial score (nSPS) is 13.0. The van der Waals surface area contributed by atoms with Crippen molar-refractivity contribution in [2.75, 3.05) is 11.5 Å². The molecular formula is C10H19N3OS. The Morgan fingerprint density at radius 1 is 1.53 bits per heavy atom. The summed E-state index contributed by atoms with van der Waals surface area (Å²) in [5.41, 5.74) is 0. The molecule has 0 bridgehead atoms. The minimum atomic E-state index is 0.503. The molecule has 0 aromatic carbocycles. The van der Waals surface area contributed by atoms with Crippen molar-refractivity contribution in [1.82, 2.24) is 15.5 Å². The van der Waals surface area contributed by atoms with Gasteiger partial charge in [-0.25, -0.2) is 0 Å². The van der Waals surface area contributed by atoms with Gasteiger partial charge in [0.25, 0.3) is 0 Å². The number of aryl methyl sites for hydroxylation is 1. The summed E-state index contributed by atoms with van der Waals surface area (Å²) in [6, 6.07) is 0.503. The highest BCUT2D eigenvalue weighted by Crippen LogP contribution is 2.04. The van der Waals surface area contributed by atoms with Crippen LogP contribution in [0.15, 0.2) is 4.52 Å². The SMILES string of the molecule is CCSCCC(C)NCc1noc(C)n1. The van der Waals surface area contributed by atoms with Crippen LogP contribution in [0.3, 0.4) is 0 Å². The molecule has 0 radical (unpaired) electrons. The summed E-state index contributed by atoms with van der Waals surface area (Å²) in [5.74, 6) is 3.76. The molecule has 5 heteroatoms. The third-order valence-electron chi connectivity index (χ3n) is 2.08. The second-order valence-electron chi connectivity index (χ2n) is 3.50. The van der Waals surface area contributed by atoms with Crippen LogP contribution < -0.4 is 5.32 Å². The van der Waals surface area contributed by atoms with Gasteiger partial charge in [0, 0.05) is 13.0 Å². The summed E-state index contributed by atoms with van der Waals surface area (Å²) in [6.07, 6.45) is 1.18. The van der Waals surface area contributed by atoms with Crippen LogP contribution in [-0.2, 0) is 6.54 Å². The lowest BCUT2D eigenvalue weighted by Gasteiger charge is -2.11. The zero-order valence-corrected chi connectivity index (χ0v) is 10.4. The van der Waals surface area contributed by atoms with Crippen molar-refractivity contribution >= 4 is 11.8 Å². The van der Waals surface area contributed by atoms with E-state index in [9.17, 15) is 0 Å². The van der Waals surface area contributed by atoms with Crippen LogP contribution in [-0.4, -0.2) is 27.7 Å². The van der Waals surface area contributed by atoms with E-state index in [0.29, 0.717) is 18.5 Å². The summed E-state index contributed by atoms with van der Waals surface area (Å²) in [6.45, 7) is 6.86. The van der Waals surface area contributed by atoms with E-state index in [2.05, 4.69) is 29.3 Å². The maximum Gasteiger partial charge on any atom is 0.223 e. The summed E-state index contributed by atoms with van der Waals surface area (Å²) in [4.78, 5) is 4.13. The van der Waals surface area contributed by atoms with Gasteiger partial charge in [0.2, 0.25) is 5.89 Å². The van der Waals surface area contributed by atoms with Gasteiger partial charge in [-0.1, -0.05) is 12.1 Å². The lowest BCUT2D eigenvalue weighted by atomic mass is 10.2. The quantitative estimate of drug-likeness (QED) is 0.725. The van der Waals surface area contributed by atoms with E-state index < -0.39 is 0 Å². The molecule has 4 nitrogen and oxygen atoms in total. The molecule has 0 saturated carbocycles. The average Bonchev–Trinajstić information content (AvgIpc) is 2.62. The van der Waals surface area contributed by atoms with Gasteiger partial charge >= 0.3 is 0 Å². The molecule has 0 saturated heterocycles. The van der Waals surface area contributed by atoms with E-state index >= 15 is 0 Å². The standard InChI is InChI=1S/C10H19N3OS/c1-4-15-6-5-8(2)11-7-10-12-9(3)14-13-10/h8,11H,4-7H2,1-3H3. The Kier molecular flexibility index (Phi) is 5.71. The van der Waals surface area contributed by atoms with Gasteiger partial charge in [0.05, 0.1) is 6.54 Å². The van der Waals surface area contributed by atoms with E-state index in [1.165, 1.54) is 17.9 Å². The molecule has 1 rings (SSSR count). The smallest absolute Gasteiger partial charge is 0.223 e. The van der Waals surface area contributed by atoms with Crippen LogP contribution in [0, 0.1) is 6.92 Å². The number of hydrogen-bond donors (Lipinski definition) is 1. The van der Waals surface area contributed by atoms with Crippen molar-refractivity contribution in [3.05, 3.63) is 11.7 Å². The van der Waals surface area contributed by atoms with Crippen molar-refractivity contribution in [1.29, 1.82) is 0 Å². The molecule has 0 aliphatic carbocycles. The topological polar surface area (TPSA) is 51.0 Å². The van der Waals surface area contributed by atoms with Gasteiger partial charge in [0.15, 0.2) is 5.82 Å². The van der Waals surface area contributed by atoms with E-state index in [1.54, 1.807) is 6.92 Å². The first-order valence-corrected chi connectivity index (χ1v) is 6.48. The monoisotopic (exact) mass is 229 g/mol. The number of thioether (sulfide) groups is 1. The fourth-order valence-corrected chi connectivity index (χ4v) is 1.99. The fraction of sp³-hybridized carbons (Fsp3) is 0.800. The third-order valence-corrected chi connectivity index (χ3v) is 3.01. The molecule has 1 atom stereocenters. The van der Waals surface area contributed by atoms with E-state index in [-0.39, 0.29) is 0 Å². The van der Waals surface area contributed by atoms with E-state index in [0.717, 1.165) is 5.82 Å². The molecule has 0 aliphatic heterocycles. The summed E-state index contributed by atoms with van der Waals surface area (Å²) in [5, 5.41) is 7.20. The molecule has 0 spiro atoms. The third kappa shape index (κ3) is 5.18. The predicted octanol–water partition coefficient (Wildman–Crippen LogP) is 2.00. The van der Waals surface area contributed by atoms with Crippen molar-refractivity contribution < 1.29 is 4.52 Å². The van der Waals surface area contributed by atoms with Gasteiger partial charge in [-0.05, 0) is 24.9 Å². The van der Waals surface area contributed by atoms with Crippen LogP contribution in [0.1, 0.15) is 32.0 Å². The zero-order valence-electron chi connectivity index (χ0n) is 9.62. The highest BCUT2D eigenvalue weighted by Gasteiger charge is 2.05. The zero-order chi connectivity index (χ0) is 11.1. The maximum absolute atomic E-state index is 4.89. The molecule has 1 unspecified atom stereocenters. The average molecular weight is 229 g/mol. The Morgan fingerprint density at radius 3 is 2.93 bits per heavy atom. The van der Waals surface area contributed by atoms with Crippen LogP contribution in [0.5, 0.6) is 0 Å². The first-order valence-electron chi connectivity index (χ1n) is 5.32. The second-order valence-corrected chi connectivity index (χ2v) is 4.89. The van der Waals surface area contributed by atoms with E-state index in [4.69, 9.17) is 4.52 Å². The van der Waals surface area contributed by atoms with Gasteiger partial charge in [-0.3, -0.25) is 0 Å². The van der Waals surface area contributed by atoms with Crippen molar-refractivity contribution in [2.24, 2.45) is 0 Å². The van der Waals surface area contributed by atoms with Crippen LogP contribution in [0.4, 0.5) is 0 Å². The fourth-order valence-electron chi connectivity index (χ4n) is 1.19. The Bertz CT molecular complexity index is 277. The van der Waals surface area contributed by atoms with Gasteiger partial charge in [0.1, 0.15) is 0 Å². The molecular weight excluding hydrogens is 210 g/mol. The molecule has 1 heterocycles. The number of rotatable bonds is 7. The number of hydrogen-bond acceptors (Lipinski definition) is 5. The first kappa shape index (κ1) is 12.5. The number of aromatic nitrogens is 2. The molecule has 0 amide bonds.